The van der Waals surface area contributed by atoms with Gasteiger partial charge in [-0.1, -0.05) is 13.8 Å². The second-order valence-corrected chi connectivity index (χ2v) is 6.36. The molecule has 0 saturated carbocycles. The number of carbonyl (C=O) groups is 1. The molecule has 7 heteroatoms. The number of rotatable bonds is 4. The number of carbonyl (C=O) groups excluding carboxylic acids is 1. The molecule has 0 unspecified atom stereocenters. The lowest BCUT2D eigenvalue weighted by Gasteiger charge is -2.13. The molecular formula is C17H19F2N3O2. The molecule has 2 heterocycles. The normalized spacial score (nSPS) is 16.2. The van der Waals surface area contributed by atoms with E-state index in [1.807, 2.05) is 6.92 Å². The zero-order valence-corrected chi connectivity index (χ0v) is 13.8. The maximum absolute atomic E-state index is 14.0. The Labute approximate surface area is 138 Å². The molecule has 5 nitrogen and oxygen atoms in total. The second kappa shape index (κ2) is 6.22. The van der Waals surface area contributed by atoms with Gasteiger partial charge in [-0.2, -0.15) is 5.10 Å². The van der Waals surface area contributed by atoms with Gasteiger partial charge in [0.15, 0.2) is 0 Å². The van der Waals surface area contributed by atoms with Crippen LogP contribution in [0.15, 0.2) is 18.3 Å². The lowest BCUT2D eigenvalue weighted by atomic mass is 10.1. The van der Waals surface area contributed by atoms with Crippen molar-refractivity contribution in [1.29, 1.82) is 0 Å². The summed E-state index contributed by atoms with van der Waals surface area (Å²) in [6, 6.07) is 1.26. The van der Waals surface area contributed by atoms with E-state index in [-0.39, 0.29) is 23.8 Å². The van der Waals surface area contributed by atoms with Gasteiger partial charge in [0, 0.05) is 24.4 Å². The first-order chi connectivity index (χ1) is 11.4. The summed E-state index contributed by atoms with van der Waals surface area (Å²) in [6.07, 6.45) is 1.50. The summed E-state index contributed by atoms with van der Waals surface area (Å²) >= 11 is 0. The molecule has 0 spiro atoms. The number of benzene rings is 1. The molecule has 0 fully saturated rings. The van der Waals surface area contributed by atoms with Crippen molar-refractivity contribution in [2.75, 3.05) is 6.61 Å². The van der Waals surface area contributed by atoms with Crippen molar-refractivity contribution in [3.05, 3.63) is 46.8 Å². The predicted molar refractivity (Wildman–Crippen MR) is 83.9 cm³/mol. The maximum atomic E-state index is 14.0. The Hall–Kier alpha value is -2.44. The molecule has 1 N–H and O–H groups in total. The third-order valence-corrected chi connectivity index (χ3v) is 4.00. The highest BCUT2D eigenvalue weighted by Crippen LogP contribution is 2.35. The quantitative estimate of drug-likeness (QED) is 0.934. The second-order valence-electron chi connectivity index (χ2n) is 6.36. The van der Waals surface area contributed by atoms with Crippen LogP contribution >= 0.6 is 0 Å². The number of amides is 1. The van der Waals surface area contributed by atoms with Crippen LogP contribution in [0.4, 0.5) is 8.78 Å². The third kappa shape index (κ3) is 2.98. The average molecular weight is 335 g/mol. The number of ether oxygens (including phenoxy) is 1. The molecule has 2 aromatic rings. The lowest BCUT2D eigenvalue weighted by molar-refractivity contribution is 0.0929. The zero-order valence-electron chi connectivity index (χ0n) is 13.8. The topological polar surface area (TPSA) is 56.1 Å². The van der Waals surface area contributed by atoms with Crippen molar-refractivity contribution in [3.63, 3.8) is 0 Å². The molecule has 3 rings (SSSR count). The number of fused-ring (bicyclic) bond motifs is 1. The lowest BCUT2D eigenvalue weighted by Crippen LogP contribution is -2.30. The zero-order chi connectivity index (χ0) is 17.4. The Bertz CT molecular complexity index is 786. The Morgan fingerprint density at radius 1 is 1.46 bits per heavy atom. The fourth-order valence-electron chi connectivity index (χ4n) is 2.82. The Balaban J connectivity index is 1.79. The van der Waals surface area contributed by atoms with Crippen molar-refractivity contribution >= 4 is 5.91 Å². The molecule has 0 aliphatic carbocycles. The van der Waals surface area contributed by atoms with Crippen molar-refractivity contribution in [1.82, 2.24) is 15.1 Å². The summed E-state index contributed by atoms with van der Waals surface area (Å²) in [6.45, 7) is 6.73. The van der Waals surface area contributed by atoms with Crippen LogP contribution in [-0.2, 0) is 6.54 Å². The molecule has 1 aromatic carbocycles. The van der Waals surface area contributed by atoms with Crippen LogP contribution in [0.3, 0.4) is 0 Å². The van der Waals surface area contributed by atoms with Crippen LogP contribution in [-0.4, -0.2) is 22.3 Å². The molecule has 1 atom stereocenters. The summed E-state index contributed by atoms with van der Waals surface area (Å²) in [5.74, 6) is -1.25. The monoisotopic (exact) mass is 335 g/mol. The fourth-order valence-corrected chi connectivity index (χ4v) is 2.82. The summed E-state index contributed by atoms with van der Waals surface area (Å²) in [7, 11) is 0. The van der Waals surface area contributed by atoms with Crippen molar-refractivity contribution in [3.8, 4) is 5.75 Å². The van der Waals surface area contributed by atoms with E-state index in [4.69, 9.17) is 4.74 Å². The van der Waals surface area contributed by atoms with E-state index < -0.39 is 17.7 Å². The molecule has 0 saturated heterocycles. The van der Waals surface area contributed by atoms with Crippen LogP contribution in [0, 0.1) is 24.5 Å². The average Bonchev–Trinajstić information content (AvgIpc) is 3.03. The number of halogens is 2. The largest absolute Gasteiger partial charge is 0.490 e. The standard InChI is InChI=1S/C17H19F2N3O2/c1-9(2)7-22-10(3)12(6-20-22)17(23)21-14-8-24-15-5-11(18)4-13(19)16(14)15/h4-6,9,14H,7-8H2,1-3H3,(H,21,23)/t14-/m0/s1. The van der Waals surface area contributed by atoms with Crippen LogP contribution in [0.2, 0.25) is 0 Å². The van der Waals surface area contributed by atoms with Crippen LogP contribution < -0.4 is 10.1 Å². The maximum Gasteiger partial charge on any atom is 0.255 e. The highest BCUT2D eigenvalue weighted by molar-refractivity contribution is 5.95. The summed E-state index contributed by atoms with van der Waals surface area (Å²) < 4.78 is 34.3. The first kappa shape index (κ1) is 16.4. The minimum atomic E-state index is -0.722. The van der Waals surface area contributed by atoms with E-state index in [1.54, 1.807) is 4.68 Å². The molecule has 1 aliphatic rings. The van der Waals surface area contributed by atoms with Crippen molar-refractivity contribution < 1.29 is 18.3 Å². The Morgan fingerprint density at radius 3 is 2.92 bits per heavy atom. The highest BCUT2D eigenvalue weighted by atomic mass is 19.1. The van der Waals surface area contributed by atoms with Crippen molar-refractivity contribution in [2.24, 2.45) is 5.92 Å². The molecular weight excluding hydrogens is 316 g/mol. The molecule has 24 heavy (non-hydrogen) atoms. The van der Waals surface area contributed by atoms with Gasteiger partial charge in [0.2, 0.25) is 0 Å². The summed E-state index contributed by atoms with van der Waals surface area (Å²) in [5, 5.41) is 6.97. The molecule has 0 radical (unpaired) electrons. The first-order valence-electron chi connectivity index (χ1n) is 7.81. The van der Waals surface area contributed by atoms with Crippen LogP contribution in [0.5, 0.6) is 5.75 Å². The number of nitrogens with zero attached hydrogens (tertiary/aromatic N) is 2. The molecule has 128 valence electrons. The minimum Gasteiger partial charge on any atom is -0.490 e. The molecule has 0 bridgehead atoms. The smallest absolute Gasteiger partial charge is 0.255 e. The van der Waals surface area contributed by atoms with E-state index in [0.717, 1.165) is 17.8 Å². The highest BCUT2D eigenvalue weighted by Gasteiger charge is 2.31. The third-order valence-electron chi connectivity index (χ3n) is 4.00. The Morgan fingerprint density at radius 2 is 2.21 bits per heavy atom. The van der Waals surface area contributed by atoms with Crippen LogP contribution in [0.25, 0.3) is 0 Å². The number of hydrogen-bond donors (Lipinski definition) is 1. The fraction of sp³-hybridized carbons (Fsp3) is 0.412. The van der Waals surface area contributed by atoms with Gasteiger partial charge in [0.25, 0.3) is 5.91 Å². The summed E-state index contributed by atoms with van der Waals surface area (Å²) in [4.78, 5) is 12.5. The molecule has 1 aromatic heterocycles. The van der Waals surface area contributed by atoms with E-state index in [2.05, 4.69) is 24.3 Å². The van der Waals surface area contributed by atoms with Crippen LogP contribution in [0.1, 0.15) is 41.5 Å². The molecule has 1 amide bonds. The number of aromatic nitrogens is 2. The Kier molecular flexibility index (Phi) is 4.26. The number of hydrogen-bond acceptors (Lipinski definition) is 3. The van der Waals surface area contributed by atoms with Gasteiger partial charge in [0.1, 0.15) is 24.0 Å². The predicted octanol–water partition coefficient (Wildman–Crippen LogP) is 2.99. The SMILES string of the molecule is Cc1c(C(=O)N[C@H]2COc3cc(F)cc(F)c32)cnn1CC(C)C. The van der Waals surface area contributed by atoms with Gasteiger partial charge in [-0.3, -0.25) is 9.48 Å². The van der Waals surface area contributed by atoms with Crippen molar-refractivity contribution in [2.45, 2.75) is 33.4 Å². The van der Waals surface area contributed by atoms with Gasteiger partial charge in [-0.25, -0.2) is 8.78 Å². The van der Waals surface area contributed by atoms with Gasteiger partial charge >= 0.3 is 0 Å². The van der Waals surface area contributed by atoms with Gasteiger partial charge in [-0.05, 0) is 12.8 Å². The van der Waals surface area contributed by atoms with E-state index in [0.29, 0.717) is 18.0 Å². The van der Waals surface area contributed by atoms with E-state index in [1.165, 1.54) is 6.20 Å². The minimum absolute atomic E-state index is 0.0701. The first-order valence-corrected chi connectivity index (χ1v) is 7.81. The number of nitrogens with one attached hydrogen (secondary N) is 1. The van der Waals surface area contributed by atoms with Gasteiger partial charge < -0.3 is 10.1 Å². The van der Waals surface area contributed by atoms with Gasteiger partial charge in [-0.15, -0.1) is 0 Å². The van der Waals surface area contributed by atoms with E-state index >= 15 is 0 Å². The van der Waals surface area contributed by atoms with E-state index in [9.17, 15) is 13.6 Å². The summed E-state index contributed by atoms with van der Waals surface area (Å²) in [5.41, 5.74) is 1.36. The van der Waals surface area contributed by atoms with Gasteiger partial charge in [0.05, 0.1) is 23.4 Å². The molecule has 1 aliphatic heterocycles.